The summed E-state index contributed by atoms with van der Waals surface area (Å²) in [5.74, 6) is 3.11. The summed E-state index contributed by atoms with van der Waals surface area (Å²) in [7, 11) is 0. The van der Waals surface area contributed by atoms with Crippen molar-refractivity contribution >= 4 is 17.1 Å². The molecule has 8 aromatic rings. The molecule has 2 fully saturated rings. The molecule has 340 valence electrons. The van der Waals surface area contributed by atoms with E-state index >= 15 is 0 Å². The first-order valence-corrected chi connectivity index (χ1v) is 26.2. The molecule has 0 saturated heterocycles. The number of nitrogens with zero attached hydrogens (tertiary/aromatic N) is 1. The van der Waals surface area contributed by atoms with Gasteiger partial charge in [-0.15, -0.1) is 0 Å². The lowest BCUT2D eigenvalue weighted by atomic mass is 9.64. The Morgan fingerprint density at radius 3 is 1.19 bits per heavy atom. The van der Waals surface area contributed by atoms with Crippen LogP contribution < -0.4 is 9.64 Å². The van der Waals surface area contributed by atoms with E-state index in [-0.39, 0.29) is 10.8 Å². The lowest BCUT2D eigenvalue weighted by molar-refractivity contribution is 0.424. The highest BCUT2D eigenvalue weighted by Gasteiger charge is 2.52. The van der Waals surface area contributed by atoms with Crippen molar-refractivity contribution < 1.29 is 4.74 Å². The van der Waals surface area contributed by atoms with Gasteiger partial charge in [0.2, 0.25) is 0 Å². The molecule has 0 N–H and O–H groups in total. The summed E-state index contributed by atoms with van der Waals surface area (Å²) >= 11 is 0. The lowest BCUT2D eigenvalue weighted by Gasteiger charge is -2.41. The molecule has 14 rings (SSSR count). The monoisotopic (exact) mass is 895 g/mol. The third-order valence-electron chi connectivity index (χ3n) is 18.1. The van der Waals surface area contributed by atoms with Crippen LogP contribution in [0.1, 0.15) is 159 Å². The van der Waals surface area contributed by atoms with Crippen LogP contribution in [-0.4, -0.2) is 0 Å². The molecule has 69 heavy (non-hydrogen) atoms. The van der Waals surface area contributed by atoms with Crippen LogP contribution >= 0.6 is 0 Å². The van der Waals surface area contributed by atoms with Crippen LogP contribution in [0.2, 0.25) is 0 Å². The van der Waals surface area contributed by atoms with Gasteiger partial charge in [-0.3, -0.25) is 0 Å². The first kappa shape index (κ1) is 41.3. The largest absolute Gasteiger partial charge is 0.457 e. The van der Waals surface area contributed by atoms with Crippen LogP contribution in [0, 0.1) is 0 Å². The van der Waals surface area contributed by atoms with E-state index in [1.807, 2.05) is 0 Å². The van der Waals surface area contributed by atoms with Gasteiger partial charge in [0.25, 0.3) is 0 Å². The molecular formula is C67H61NO. The van der Waals surface area contributed by atoms with Crippen LogP contribution in [0.3, 0.4) is 0 Å². The Bertz CT molecular complexity index is 3230. The van der Waals surface area contributed by atoms with Crippen molar-refractivity contribution in [2.24, 2.45) is 0 Å². The van der Waals surface area contributed by atoms with Crippen molar-refractivity contribution in [3.8, 4) is 44.9 Å². The van der Waals surface area contributed by atoms with Gasteiger partial charge in [0, 0.05) is 39.0 Å². The predicted molar refractivity (Wildman–Crippen MR) is 285 cm³/mol. The van der Waals surface area contributed by atoms with Crippen LogP contribution in [0.25, 0.3) is 33.4 Å². The Morgan fingerprint density at radius 1 is 0.348 bits per heavy atom. The molecule has 2 heteroatoms. The van der Waals surface area contributed by atoms with Crippen molar-refractivity contribution in [3.05, 3.63) is 219 Å². The lowest BCUT2D eigenvalue weighted by Crippen LogP contribution is -2.33. The molecule has 2 nitrogen and oxygen atoms in total. The van der Waals surface area contributed by atoms with Crippen LogP contribution in [0.15, 0.2) is 164 Å². The summed E-state index contributed by atoms with van der Waals surface area (Å²) in [6.07, 6.45) is 12.9. The number of fused-ring (bicyclic) bond motifs is 15. The number of ether oxygens (including phenoxy) is 1. The van der Waals surface area contributed by atoms with Crippen LogP contribution in [0.5, 0.6) is 11.5 Å². The second kappa shape index (κ2) is 15.2. The quantitative estimate of drug-likeness (QED) is 0.171. The van der Waals surface area contributed by atoms with Gasteiger partial charge in [-0.2, -0.15) is 0 Å². The highest BCUT2D eigenvalue weighted by molar-refractivity contribution is 5.93. The number of anilines is 3. The van der Waals surface area contributed by atoms with E-state index in [4.69, 9.17) is 4.74 Å². The molecule has 0 atom stereocenters. The van der Waals surface area contributed by atoms with Crippen LogP contribution in [-0.2, 0) is 16.2 Å². The summed E-state index contributed by atoms with van der Waals surface area (Å²) in [5, 5.41) is 0. The SMILES string of the molecule is CC1(C)c2ccccc2-c2ccc(N(c3ccc4c(c3)C(C)(C)c3ccccc3-4)c3ccc4c(c3)C3(c5cc(C6CCCCC6)ccc5Oc5ccc(C6CCCCC6)cc53)c3ccccc3-4)cc21. The fourth-order valence-corrected chi connectivity index (χ4v) is 14.6. The molecule has 0 aromatic heterocycles. The molecule has 5 aliphatic carbocycles. The third kappa shape index (κ3) is 5.90. The third-order valence-corrected chi connectivity index (χ3v) is 18.1. The Morgan fingerprint density at radius 2 is 0.725 bits per heavy atom. The van der Waals surface area contributed by atoms with E-state index in [9.17, 15) is 0 Å². The molecule has 0 radical (unpaired) electrons. The number of rotatable bonds is 5. The highest BCUT2D eigenvalue weighted by atomic mass is 16.5. The van der Waals surface area contributed by atoms with Gasteiger partial charge < -0.3 is 9.64 Å². The van der Waals surface area contributed by atoms with Gasteiger partial charge in [0.1, 0.15) is 11.5 Å². The van der Waals surface area contributed by atoms with Crippen molar-refractivity contribution in [1.29, 1.82) is 0 Å². The minimum atomic E-state index is -0.574. The molecule has 0 bridgehead atoms. The molecule has 0 unspecified atom stereocenters. The second-order valence-corrected chi connectivity index (χ2v) is 22.4. The fourth-order valence-electron chi connectivity index (χ4n) is 14.6. The van der Waals surface area contributed by atoms with Crippen molar-refractivity contribution in [2.75, 3.05) is 4.90 Å². The maximum Gasteiger partial charge on any atom is 0.132 e. The topological polar surface area (TPSA) is 12.5 Å². The average molecular weight is 896 g/mol. The zero-order chi connectivity index (χ0) is 46.2. The number of benzene rings is 8. The first-order valence-electron chi connectivity index (χ1n) is 26.2. The summed E-state index contributed by atoms with van der Waals surface area (Å²) in [5.41, 5.74) is 24.5. The standard InChI is InChI=1S/C67H61NO/c1-65(2)55-24-14-11-21-49(55)52-32-29-46(39-58(52)65)68(47-30-33-53-50-22-12-15-25-56(50)66(3,4)59(53)40-47)48-31-34-54-51-23-13-16-26-57(51)67(60(54)41-48)61-37-44(42-17-7-5-8-18-42)27-35-63(61)69-64-36-28-45(38-62(64)67)43-19-9-6-10-20-43/h11-16,21-43H,5-10,17-20H2,1-4H3. The first-order chi connectivity index (χ1) is 33.7. The smallest absolute Gasteiger partial charge is 0.132 e. The molecule has 1 aliphatic heterocycles. The normalized spacial score (nSPS) is 18.5. The van der Waals surface area contributed by atoms with Crippen molar-refractivity contribution in [3.63, 3.8) is 0 Å². The summed E-state index contributed by atoms with van der Waals surface area (Å²) in [4.78, 5) is 2.58. The fraction of sp³-hybridized carbons (Fsp3) is 0.284. The predicted octanol–water partition coefficient (Wildman–Crippen LogP) is 18.3. The van der Waals surface area contributed by atoms with E-state index in [0.717, 1.165) is 11.5 Å². The molecule has 1 spiro atoms. The molecule has 2 saturated carbocycles. The number of hydrogen-bond acceptors (Lipinski definition) is 2. The van der Waals surface area contributed by atoms with E-state index in [1.54, 1.807) is 0 Å². The van der Waals surface area contributed by atoms with Gasteiger partial charge in [-0.1, -0.05) is 181 Å². The molecule has 0 amide bonds. The van der Waals surface area contributed by atoms with E-state index in [0.29, 0.717) is 11.8 Å². The Hall–Kier alpha value is -6.64. The molecule has 6 aliphatic rings. The zero-order valence-corrected chi connectivity index (χ0v) is 40.7. The van der Waals surface area contributed by atoms with Gasteiger partial charge in [0.05, 0.1) is 5.41 Å². The second-order valence-electron chi connectivity index (χ2n) is 22.4. The number of hydrogen-bond donors (Lipinski definition) is 0. The van der Waals surface area contributed by atoms with Gasteiger partial charge >= 0.3 is 0 Å². The Balaban J connectivity index is 1.03. The van der Waals surface area contributed by atoms with E-state index in [2.05, 4.69) is 196 Å². The summed E-state index contributed by atoms with van der Waals surface area (Å²) < 4.78 is 7.16. The Labute approximate surface area is 409 Å². The van der Waals surface area contributed by atoms with Gasteiger partial charge in [0.15, 0.2) is 0 Å². The minimum absolute atomic E-state index is 0.138. The molecule has 1 heterocycles. The van der Waals surface area contributed by atoms with Gasteiger partial charge in [-0.25, -0.2) is 0 Å². The maximum absolute atomic E-state index is 7.16. The zero-order valence-electron chi connectivity index (χ0n) is 40.7. The molecular weight excluding hydrogens is 835 g/mol. The highest BCUT2D eigenvalue weighted by Crippen LogP contribution is 2.64. The maximum atomic E-state index is 7.16. The Kier molecular flexibility index (Phi) is 9.09. The van der Waals surface area contributed by atoms with E-state index < -0.39 is 5.41 Å². The van der Waals surface area contributed by atoms with Crippen LogP contribution in [0.4, 0.5) is 17.1 Å². The average Bonchev–Trinajstić information content (AvgIpc) is 3.91. The molecule has 8 aromatic carbocycles. The minimum Gasteiger partial charge on any atom is -0.457 e. The van der Waals surface area contributed by atoms with Gasteiger partial charge in [-0.05, 0) is 164 Å². The van der Waals surface area contributed by atoms with Crippen molar-refractivity contribution in [1.82, 2.24) is 0 Å². The van der Waals surface area contributed by atoms with E-state index in [1.165, 1.54) is 170 Å². The van der Waals surface area contributed by atoms with Crippen molar-refractivity contribution in [2.45, 2.75) is 120 Å². The summed E-state index contributed by atoms with van der Waals surface area (Å²) in [6, 6.07) is 64.0. The summed E-state index contributed by atoms with van der Waals surface area (Å²) in [6.45, 7) is 9.61.